The molecule has 0 aliphatic rings. The lowest BCUT2D eigenvalue weighted by Crippen LogP contribution is -2.19. The fourth-order valence-corrected chi connectivity index (χ4v) is 1.70. The first-order chi connectivity index (χ1) is 8.66. The Balaban J connectivity index is 2.01. The van der Waals surface area contributed by atoms with Crippen molar-refractivity contribution in [3.63, 3.8) is 0 Å². The lowest BCUT2D eigenvalue weighted by Gasteiger charge is -2.13. The second-order valence-corrected chi connectivity index (χ2v) is 4.13. The molecule has 4 heteroatoms. The molecule has 0 fully saturated rings. The second-order valence-electron chi connectivity index (χ2n) is 4.13. The minimum atomic E-state index is -0.352. The molecule has 0 saturated heterocycles. The summed E-state index contributed by atoms with van der Waals surface area (Å²) in [5.41, 5.74) is 1.45. The summed E-state index contributed by atoms with van der Waals surface area (Å²) in [6.45, 7) is 2.36. The fraction of sp³-hybridized carbons (Fsp3) is 0.214. The zero-order valence-electron chi connectivity index (χ0n) is 10.1. The number of halogens is 1. The highest BCUT2D eigenvalue weighted by atomic mass is 19.1. The molecule has 1 unspecified atom stereocenters. The largest absolute Gasteiger partial charge is 0.508 e. The van der Waals surface area contributed by atoms with Crippen LogP contribution >= 0.6 is 0 Å². The highest BCUT2D eigenvalue weighted by molar-refractivity contribution is 5.32. The van der Waals surface area contributed by atoms with Crippen molar-refractivity contribution < 1.29 is 9.50 Å². The van der Waals surface area contributed by atoms with Gasteiger partial charge >= 0.3 is 0 Å². The molecule has 3 nitrogen and oxygen atoms in total. The van der Waals surface area contributed by atoms with Crippen LogP contribution in [0.3, 0.4) is 0 Å². The van der Waals surface area contributed by atoms with Crippen molar-refractivity contribution in [2.75, 3.05) is 0 Å². The van der Waals surface area contributed by atoms with Crippen LogP contribution in [-0.4, -0.2) is 10.1 Å². The molecule has 0 saturated carbocycles. The molecule has 0 bridgehead atoms. The van der Waals surface area contributed by atoms with Crippen LogP contribution < -0.4 is 5.32 Å². The van der Waals surface area contributed by atoms with Crippen LogP contribution in [0.25, 0.3) is 0 Å². The van der Waals surface area contributed by atoms with Crippen LogP contribution in [0.1, 0.15) is 24.2 Å². The summed E-state index contributed by atoms with van der Waals surface area (Å²) >= 11 is 0. The molecule has 0 radical (unpaired) electrons. The number of aromatic nitrogens is 1. The van der Waals surface area contributed by atoms with E-state index < -0.39 is 0 Å². The van der Waals surface area contributed by atoms with Crippen molar-refractivity contribution in [1.29, 1.82) is 0 Å². The molecule has 2 rings (SSSR count). The Hall–Kier alpha value is -1.94. The van der Waals surface area contributed by atoms with Gasteiger partial charge in [-0.3, -0.25) is 4.98 Å². The molecule has 0 spiro atoms. The summed E-state index contributed by atoms with van der Waals surface area (Å²) in [5.74, 6) is -0.257. The summed E-state index contributed by atoms with van der Waals surface area (Å²) in [6, 6.07) is 9.65. The number of hydrogen-bond donors (Lipinski definition) is 2. The molecule has 1 aromatic carbocycles. The fourth-order valence-electron chi connectivity index (χ4n) is 1.70. The Morgan fingerprint density at radius 1 is 1.33 bits per heavy atom. The average molecular weight is 246 g/mol. The number of aromatic hydroxyl groups is 1. The highest BCUT2D eigenvalue weighted by Gasteiger charge is 2.08. The number of nitrogens with one attached hydrogen (secondary N) is 1. The molecule has 2 N–H and O–H groups in total. The van der Waals surface area contributed by atoms with Crippen molar-refractivity contribution in [2.24, 2.45) is 0 Å². The summed E-state index contributed by atoms with van der Waals surface area (Å²) in [6.07, 6.45) is 1.73. The van der Waals surface area contributed by atoms with E-state index in [1.165, 1.54) is 18.2 Å². The summed E-state index contributed by atoms with van der Waals surface area (Å²) in [7, 11) is 0. The minimum Gasteiger partial charge on any atom is -0.508 e. The molecule has 1 atom stereocenters. The third kappa shape index (κ3) is 3.05. The maximum absolute atomic E-state index is 13.0. The Bertz CT molecular complexity index is 516. The summed E-state index contributed by atoms with van der Waals surface area (Å²) < 4.78 is 13.0. The Labute approximate surface area is 105 Å². The van der Waals surface area contributed by atoms with Gasteiger partial charge in [-0.1, -0.05) is 6.07 Å². The van der Waals surface area contributed by atoms with Crippen molar-refractivity contribution in [2.45, 2.75) is 19.5 Å². The van der Waals surface area contributed by atoms with Gasteiger partial charge in [0.05, 0.1) is 5.69 Å². The van der Waals surface area contributed by atoms with Crippen LogP contribution in [0.15, 0.2) is 42.6 Å². The first kappa shape index (κ1) is 12.5. The molecular weight excluding hydrogens is 231 g/mol. The highest BCUT2D eigenvalue weighted by Crippen LogP contribution is 2.18. The maximum Gasteiger partial charge on any atom is 0.123 e. The average Bonchev–Trinajstić information content (AvgIpc) is 2.40. The van der Waals surface area contributed by atoms with Crippen LogP contribution in [0.2, 0.25) is 0 Å². The van der Waals surface area contributed by atoms with Crippen molar-refractivity contribution in [3.05, 3.63) is 59.7 Å². The number of hydrogen-bond acceptors (Lipinski definition) is 3. The number of nitrogens with zero attached hydrogens (tertiary/aromatic N) is 1. The molecular formula is C14H15FN2O. The Morgan fingerprint density at radius 2 is 2.17 bits per heavy atom. The van der Waals surface area contributed by atoms with Gasteiger partial charge in [-0.05, 0) is 37.3 Å². The zero-order valence-corrected chi connectivity index (χ0v) is 10.1. The van der Waals surface area contributed by atoms with E-state index in [2.05, 4.69) is 10.3 Å². The molecule has 0 amide bonds. The van der Waals surface area contributed by atoms with Gasteiger partial charge in [0.25, 0.3) is 0 Å². The lowest BCUT2D eigenvalue weighted by molar-refractivity contribution is 0.456. The van der Waals surface area contributed by atoms with Crippen LogP contribution in [0.4, 0.5) is 4.39 Å². The smallest absolute Gasteiger partial charge is 0.123 e. The number of phenolic OH excluding ortho intramolecular Hbond substituents is 1. The topological polar surface area (TPSA) is 45.1 Å². The van der Waals surface area contributed by atoms with Gasteiger partial charge in [-0.25, -0.2) is 4.39 Å². The van der Waals surface area contributed by atoms with E-state index in [1.54, 1.807) is 6.20 Å². The molecule has 1 aromatic heterocycles. The van der Waals surface area contributed by atoms with Gasteiger partial charge in [0.2, 0.25) is 0 Å². The number of phenols is 1. The van der Waals surface area contributed by atoms with Gasteiger partial charge in [0.1, 0.15) is 11.6 Å². The van der Waals surface area contributed by atoms with E-state index in [-0.39, 0.29) is 17.6 Å². The summed E-state index contributed by atoms with van der Waals surface area (Å²) in [4.78, 5) is 4.23. The maximum atomic E-state index is 13.0. The van der Waals surface area contributed by atoms with Crippen LogP contribution in [0.5, 0.6) is 5.75 Å². The van der Waals surface area contributed by atoms with E-state index in [9.17, 15) is 9.50 Å². The van der Waals surface area contributed by atoms with Gasteiger partial charge in [0.15, 0.2) is 0 Å². The number of rotatable bonds is 4. The van der Waals surface area contributed by atoms with E-state index >= 15 is 0 Å². The molecule has 2 aromatic rings. The predicted molar refractivity (Wildman–Crippen MR) is 67.6 cm³/mol. The van der Waals surface area contributed by atoms with Crippen LogP contribution in [0, 0.1) is 5.82 Å². The van der Waals surface area contributed by atoms with Gasteiger partial charge in [0, 0.05) is 24.3 Å². The van der Waals surface area contributed by atoms with E-state index in [0.29, 0.717) is 12.1 Å². The van der Waals surface area contributed by atoms with Crippen molar-refractivity contribution in [3.8, 4) is 5.75 Å². The van der Waals surface area contributed by atoms with E-state index in [0.717, 1.165) is 5.69 Å². The van der Waals surface area contributed by atoms with E-state index in [4.69, 9.17) is 0 Å². The quantitative estimate of drug-likeness (QED) is 0.872. The first-order valence-corrected chi connectivity index (χ1v) is 5.78. The molecule has 94 valence electrons. The second kappa shape index (κ2) is 5.60. The van der Waals surface area contributed by atoms with Gasteiger partial charge in [-0.15, -0.1) is 0 Å². The molecule has 1 heterocycles. The SMILES string of the molecule is CC(NCc1cc(F)ccc1O)c1ccccn1. The van der Waals surface area contributed by atoms with E-state index in [1.807, 2.05) is 25.1 Å². The molecule has 0 aliphatic heterocycles. The third-order valence-electron chi connectivity index (χ3n) is 2.77. The van der Waals surface area contributed by atoms with Gasteiger partial charge in [-0.2, -0.15) is 0 Å². The minimum absolute atomic E-state index is 0.0360. The Kier molecular flexibility index (Phi) is 3.89. The first-order valence-electron chi connectivity index (χ1n) is 5.78. The van der Waals surface area contributed by atoms with Gasteiger partial charge < -0.3 is 10.4 Å². The predicted octanol–water partition coefficient (Wildman–Crippen LogP) is 2.78. The molecule has 18 heavy (non-hydrogen) atoms. The van der Waals surface area contributed by atoms with Crippen LogP contribution in [-0.2, 0) is 6.54 Å². The standard InChI is InChI=1S/C14H15FN2O/c1-10(13-4-2-3-7-16-13)17-9-11-8-12(15)5-6-14(11)18/h2-8,10,17-18H,9H2,1H3. The third-order valence-corrected chi connectivity index (χ3v) is 2.77. The normalized spacial score (nSPS) is 12.3. The number of pyridine rings is 1. The molecule has 0 aliphatic carbocycles. The van der Waals surface area contributed by atoms with Crippen molar-refractivity contribution in [1.82, 2.24) is 10.3 Å². The Morgan fingerprint density at radius 3 is 2.89 bits per heavy atom. The summed E-state index contributed by atoms with van der Waals surface area (Å²) in [5, 5.41) is 12.8. The lowest BCUT2D eigenvalue weighted by atomic mass is 10.1. The monoisotopic (exact) mass is 246 g/mol. The van der Waals surface area contributed by atoms with Crippen molar-refractivity contribution >= 4 is 0 Å². The number of benzene rings is 1. The zero-order chi connectivity index (χ0) is 13.0.